The van der Waals surface area contributed by atoms with E-state index >= 15 is 0 Å². The third-order valence-corrected chi connectivity index (χ3v) is 10.4. The summed E-state index contributed by atoms with van der Waals surface area (Å²) in [6.07, 6.45) is 21.9. The van der Waals surface area contributed by atoms with Crippen molar-refractivity contribution in [3.05, 3.63) is 147 Å². The number of hydrogen-bond acceptors (Lipinski definition) is 2. The van der Waals surface area contributed by atoms with Gasteiger partial charge in [0.25, 0.3) is 0 Å². The fourth-order valence-electron chi connectivity index (χ4n) is 7.81. The van der Waals surface area contributed by atoms with Crippen molar-refractivity contribution in [1.82, 2.24) is 0 Å². The molecule has 0 fully saturated rings. The molecular weight excluding hydrogens is 548 g/mol. The highest BCUT2D eigenvalue weighted by Crippen LogP contribution is 2.55. The van der Waals surface area contributed by atoms with Gasteiger partial charge in [-0.25, -0.2) is 4.79 Å². The summed E-state index contributed by atoms with van der Waals surface area (Å²) in [7, 11) is 0. The maximum absolute atomic E-state index is 11.7. The smallest absolute Gasteiger partial charge is 0.333 e. The van der Waals surface area contributed by atoms with Gasteiger partial charge in [-0.15, -0.1) is 0 Å². The van der Waals surface area contributed by atoms with Gasteiger partial charge in [-0.1, -0.05) is 120 Å². The lowest BCUT2D eigenvalue weighted by atomic mass is 9.61. The summed E-state index contributed by atoms with van der Waals surface area (Å²) in [6, 6.07) is 14.1. The van der Waals surface area contributed by atoms with Crippen LogP contribution in [-0.2, 0) is 21.4 Å². The lowest BCUT2D eigenvalue weighted by Crippen LogP contribution is -2.30. The number of aryl methyl sites for hydroxylation is 1. The van der Waals surface area contributed by atoms with Gasteiger partial charge in [0.2, 0.25) is 0 Å². The number of carbonyl (C=O) groups excluding carboxylic acids is 1. The molecule has 7 rings (SSSR count). The molecule has 0 spiro atoms. The van der Waals surface area contributed by atoms with Gasteiger partial charge in [0, 0.05) is 22.8 Å². The minimum absolute atomic E-state index is 0.0844. The first-order chi connectivity index (χ1) is 21.4. The molecular formula is C43H44O2. The van der Waals surface area contributed by atoms with Crippen LogP contribution in [0.5, 0.6) is 0 Å². The summed E-state index contributed by atoms with van der Waals surface area (Å²) in [5.41, 5.74) is 17.1. The molecule has 0 aliphatic heterocycles. The number of allylic oxidation sites excluding steroid dienone is 14. The second-order valence-electron chi connectivity index (χ2n) is 15.0. The summed E-state index contributed by atoms with van der Waals surface area (Å²) in [5, 5.41) is 0. The standard InChI is InChI=1S/C43H44O2/c1-26(2)41(44)45-21-9-8-10-27-11-17-34-35-19-15-29(25-38(35)43(6,7)37(34)22-27)33-18-14-28-12-13-30-23-32(42(3,4)5)24-31-16-20-36(33)40(28)39(30)31/h11-20,22-25,39-40H,1,8-10,21H2,2-7H3. The molecule has 2 aromatic carbocycles. The summed E-state index contributed by atoms with van der Waals surface area (Å²) >= 11 is 0. The van der Waals surface area contributed by atoms with Crippen LogP contribution in [-0.4, -0.2) is 12.6 Å². The average Bonchev–Trinajstić information content (AvgIpc) is 3.24. The normalized spacial score (nSPS) is 21.6. The van der Waals surface area contributed by atoms with Crippen molar-refractivity contribution in [2.24, 2.45) is 17.3 Å². The van der Waals surface area contributed by atoms with Crippen LogP contribution in [0.1, 0.15) is 76.6 Å². The summed E-state index contributed by atoms with van der Waals surface area (Å²) in [4.78, 5) is 11.7. The summed E-state index contributed by atoms with van der Waals surface area (Å²) < 4.78 is 5.28. The average molecular weight is 593 g/mol. The van der Waals surface area contributed by atoms with Gasteiger partial charge in [-0.2, -0.15) is 0 Å². The van der Waals surface area contributed by atoms with Crippen LogP contribution < -0.4 is 0 Å². The Morgan fingerprint density at radius 3 is 2.31 bits per heavy atom. The van der Waals surface area contributed by atoms with Gasteiger partial charge in [-0.3, -0.25) is 0 Å². The van der Waals surface area contributed by atoms with Gasteiger partial charge in [-0.05, 0) is 104 Å². The number of carbonyl (C=O) groups is 1. The number of fused-ring (bicyclic) bond motifs is 3. The SMILES string of the molecule is C=C(C)C(=O)OCCCCc1ccc2c(c1)C(C)(C)c1cc(C3=CC=C4C=CC5=CC(C(C)(C)C)=CC6=CC=C3C4C65)ccc1-2. The Balaban J connectivity index is 1.16. The van der Waals surface area contributed by atoms with Crippen LogP contribution in [0, 0.1) is 17.3 Å². The molecule has 2 unspecified atom stereocenters. The van der Waals surface area contributed by atoms with Crippen molar-refractivity contribution in [3.63, 3.8) is 0 Å². The molecule has 0 saturated heterocycles. The minimum Gasteiger partial charge on any atom is -0.462 e. The molecule has 5 aliphatic carbocycles. The van der Waals surface area contributed by atoms with Gasteiger partial charge in [0.05, 0.1) is 6.61 Å². The Labute approximate surface area is 269 Å². The van der Waals surface area contributed by atoms with Crippen LogP contribution in [0.4, 0.5) is 0 Å². The lowest BCUT2D eigenvalue weighted by Gasteiger charge is -2.42. The monoisotopic (exact) mass is 592 g/mol. The van der Waals surface area contributed by atoms with Crippen LogP contribution in [0.25, 0.3) is 16.7 Å². The molecule has 0 N–H and O–H groups in total. The molecule has 45 heavy (non-hydrogen) atoms. The van der Waals surface area contributed by atoms with E-state index in [1.54, 1.807) is 6.92 Å². The van der Waals surface area contributed by atoms with Crippen molar-refractivity contribution in [2.45, 2.75) is 66.2 Å². The topological polar surface area (TPSA) is 26.3 Å². The molecule has 2 heteroatoms. The van der Waals surface area contributed by atoms with E-state index in [4.69, 9.17) is 4.74 Å². The fourth-order valence-corrected chi connectivity index (χ4v) is 7.81. The maximum atomic E-state index is 11.7. The molecule has 228 valence electrons. The fraction of sp³-hybridized carbons (Fsp3) is 0.326. The van der Waals surface area contributed by atoms with Crippen LogP contribution in [0.15, 0.2) is 125 Å². The highest BCUT2D eigenvalue weighted by molar-refractivity contribution is 5.89. The molecule has 2 atom stereocenters. The van der Waals surface area contributed by atoms with E-state index in [0.29, 0.717) is 24.0 Å². The van der Waals surface area contributed by atoms with Gasteiger partial charge >= 0.3 is 5.97 Å². The Bertz CT molecular complexity index is 1870. The zero-order chi connectivity index (χ0) is 31.7. The molecule has 0 aromatic heterocycles. The molecule has 0 amide bonds. The zero-order valence-corrected chi connectivity index (χ0v) is 27.6. The van der Waals surface area contributed by atoms with E-state index in [1.165, 1.54) is 66.8 Å². The third kappa shape index (κ3) is 4.99. The molecule has 0 saturated carbocycles. The highest BCUT2D eigenvalue weighted by atomic mass is 16.5. The predicted octanol–water partition coefficient (Wildman–Crippen LogP) is 10.3. The van der Waals surface area contributed by atoms with E-state index in [-0.39, 0.29) is 16.8 Å². The zero-order valence-electron chi connectivity index (χ0n) is 27.6. The minimum atomic E-state index is -0.300. The first-order valence-electron chi connectivity index (χ1n) is 16.5. The van der Waals surface area contributed by atoms with Gasteiger partial charge in [0.15, 0.2) is 0 Å². The number of benzene rings is 2. The lowest BCUT2D eigenvalue weighted by molar-refractivity contribution is -0.139. The largest absolute Gasteiger partial charge is 0.462 e. The van der Waals surface area contributed by atoms with E-state index < -0.39 is 0 Å². The molecule has 2 aromatic rings. The highest BCUT2D eigenvalue weighted by Gasteiger charge is 2.41. The molecule has 5 aliphatic rings. The summed E-state index contributed by atoms with van der Waals surface area (Å²) in [5.74, 6) is 0.456. The number of unbranched alkanes of at least 4 members (excludes halogenated alkanes) is 1. The molecule has 2 nitrogen and oxygen atoms in total. The Morgan fingerprint density at radius 1 is 0.844 bits per heavy atom. The van der Waals surface area contributed by atoms with E-state index in [1.807, 2.05) is 0 Å². The number of rotatable bonds is 7. The first-order valence-corrected chi connectivity index (χ1v) is 16.5. The van der Waals surface area contributed by atoms with Crippen molar-refractivity contribution in [2.75, 3.05) is 6.61 Å². The van der Waals surface area contributed by atoms with Crippen molar-refractivity contribution < 1.29 is 9.53 Å². The van der Waals surface area contributed by atoms with Crippen LogP contribution >= 0.6 is 0 Å². The van der Waals surface area contributed by atoms with Crippen LogP contribution in [0.3, 0.4) is 0 Å². The Kier molecular flexibility index (Phi) is 7.04. The van der Waals surface area contributed by atoms with E-state index in [2.05, 4.69) is 126 Å². The number of esters is 1. The maximum Gasteiger partial charge on any atom is 0.333 e. The quantitative estimate of drug-likeness (QED) is 0.182. The Hall–Kier alpha value is -4.17. The second-order valence-corrected chi connectivity index (χ2v) is 15.0. The third-order valence-electron chi connectivity index (χ3n) is 10.4. The number of ether oxygens (including phenoxy) is 1. The van der Waals surface area contributed by atoms with Gasteiger partial charge in [0.1, 0.15) is 0 Å². The van der Waals surface area contributed by atoms with Gasteiger partial charge < -0.3 is 4.74 Å². The van der Waals surface area contributed by atoms with Crippen molar-refractivity contribution >= 4 is 11.5 Å². The first kappa shape index (κ1) is 29.5. The van der Waals surface area contributed by atoms with Crippen molar-refractivity contribution in [3.8, 4) is 11.1 Å². The van der Waals surface area contributed by atoms with Crippen molar-refractivity contribution in [1.29, 1.82) is 0 Å². The molecule has 0 radical (unpaired) electrons. The molecule has 0 heterocycles. The summed E-state index contributed by atoms with van der Waals surface area (Å²) in [6.45, 7) is 17.4. The van der Waals surface area contributed by atoms with E-state index in [0.717, 1.165) is 19.3 Å². The second kappa shape index (κ2) is 10.7. The predicted molar refractivity (Wildman–Crippen MR) is 187 cm³/mol. The van der Waals surface area contributed by atoms with E-state index in [9.17, 15) is 4.79 Å². The molecule has 0 bridgehead atoms. The number of hydrogen-bond donors (Lipinski definition) is 0. The van der Waals surface area contributed by atoms with Crippen LogP contribution in [0.2, 0.25) is 0 Å². The Morgan fingerprint density at radius 2 is 1.56 bits per heavy atom.